The van der Waals surface area contributed by atoms with Crippen molar-refractivity contribution in [1.29, 1.82) is 0 Å². The fraction of sp³-hybridized carbons (Fsp3) is 0.667. The summed E-state index contributed by atoms with van der Waals surface area (Å²) < 4.78 is 9.51. The Morgan fingerprint density at radius 3 is 2.73 bits per heavy atom. The highest BCUT2D eigenvalue weighted by Gasteiger charge is 2.03. The zero-order valence-electron chi connectivity index (χ0n) is 6.27. The molecular weight excluding hydrogens is 167 g/mol. The lowest BCUT2D eigenvalue weighted by Crippen LogP contribution is -1.95. The summed E-state index contributed by atoms with van der Waals surface area (Å²) in [6.07, 6.45) is 2.04. The molecule has 0 spiro atoms. The second-order valence-electron chi connectivity index (χ2n) is 1.73. The SMILES string of the molecule is C=CCOP(O)OCCCO. The van der Waals surface area contributed by atoms with Crippen molar-refractivity contribution in [2.24, 2.45) is 0 Å². The van der Waals surface area contributed by atoms with Gasteiger partial charge in [-0.2, -0.15) is 0 Å². The van der Waals surface area contributed by atoms with Gasteiger partial charge in [0.05, 0.1) is 13.2 Å². The van der Waals surface area contributed by atoms with Gasteiger partial charge in [0, 0.05) is 6.61 Å². The molecule has 11 heavy (non-hydrogen) atoms. The van der Waals surface area contributed by atoms with Crippen molar-refractivity contribution in [2.45, 2.75) is 6.42 Å². The maximum absolute atomic E-state index is 8.90. The van der Waals surface area contributed by atoms with E-state index >= 15 is 0 Å². The molecule has 0 aromatic heterocycles. The minimum atomic E-state index is -1.78. The Balaban J connectivity index is 3.08. The molecule has 0 heterocycles. The van der Waals surface area contributed by atoms with Gasteiger partial charge in [-0.15, -0.1) is 6.58 Å². The highest BCUT2D eigenvalue weighted by atomic mass is 31.2. The number of rotatable bonds is 7. The molecular formula is C6H13O4P. The van der Waals surface area contributed by atoms with Crippen LogP contribution in [0.2, 0.25) is 0 Å². The van der Waals surface area contributed by atoms with Crippen LogP contribution in [-0.2, 0) is 9.05 Å². The average Bonchev–Trinajstić information content (AvgIpc) is 2.01. The van der Waals surface area contributed by atoms with Crippen molar-refractivity contribution < 1.29 is 19.0 Å². The van der Waals surface area contributed by atoms with Crippen LogP contribution in [0.4, 0.5) is 0 Å². The number of aliphatic hydroxyl groups is 1. The van der Waals surface area contributed by atoms with E-state index in [1.807, 2.05) is 0 Å². The Labute approximate surface area is 67.4 Å². The fourth-order valence-corrected chi connectivity index (χ4v) is 0.954. The van der Waals surface area contributed by atoms with Crippen molar-refractivity contribution in [3.63, 3.8) is 0 Å². The van der Waals surface area contributed by atoms with Gasteiger partial charge in [-0.1, -0.05) is 6.08 Å². The summed E-state index contributed by atoms with van der Waals surface area (Å²) in [5.74, 6) is 0. The predicted molar refractivity (Wildman–Crippen MR) is 42.9 cm³/mol. The quantitative estimate of drug-likeness (QED) is 0.345. The van der Waals surface area contributed by atoms with Crippen LogP contribution < -0.4 is 0 Å². The minimum Gasteiger partial charge on any atom is -0.396 e. The first-order chi connectivity index (χ1) is 5.31. The third kappa shape index (κ3) is 7.91. The molecule has 0 aliphatic carbocycles. The molecule has 5 heteroatoms. The van der Waals surface area contributed by atoms with Crippen molar-refractivity contribution in [3.05, 3.63) is 12.7 Å². The number of aliphatic hydroxyl groups excluding tert-OH is 1. The van der Waals surface area contributed by atoms with Gasteiger partial charge in [-0.05, 0) is 6.42 Å². The van der Waals surface area contributed by atoms with E-state index in [2.05, 4.69) is 6.58 Å². The topological polar surface area (TPSA) is 58.9 Å². The van der Waals surface area contributed by atoms with Gasteiger partial charge < -0.3 is 19.0 Å². The lowest BCUT2D eigenvalue weighted by Gasteiger charge is -2.07. The van der Waals surface area contributed by atoms with E-state index in [9.17, 15) is 0 Å². The average molecular weight is 180 g/mol. The van der Waals surface area contributed by atoms with Gasteiger partial charge in [0.1, 0.15) is 0 Å². The summed E-state index contributed by atoms with van der Waals surface area (Å²) in [5.41, 5.74) is 0. The molecule has 0 bridgehead atoms. The van der Waals surface area contributed by atoms with E-state index in [1.165, 1.54) is 6.08 Å². The zero-order chi connectivity index (χ0) is 8.53. The fourth-order valence-electron chi connectivity index (χ4n) is 0.361. The molecule has 1 unspecified atom stereocenters. The summed E-state index contributed by atoms with van der Waals surface area (Å²) in [5, 5.41) is 8.34. The molecule has 0 rings (SSSR count). The first-order valence-corrected chi connectivity index (χ1v) is 4.41. The summed E-state index contributed by atoms with van der Waals surface area (Å²) in [7, 11) is -1.78. The van der Waals surface area contributed by atoms with Crippen LogP contribution in [0.3, 0.4) is 0 Å². The summed E-state index contributed by atoms with van der Waals surface area (Å²) in [4.78, 5) is 8.90. The Bertz CT molecular complexity index is 98.6. The van der Waals surface area contributed by atoms with Gasteiger partial charge >= 0.3 is 8.60 Å². The van der Waals surface area contributed by atoms with E-state index < -0.39 is 8.60 Å². The third-order valence-corrected chi connectivity index (χ3v) is 1.58. The Hall–Kier alpha value is 0.0100. The molecule has 0 aliphatic heterocycles. The van der Waals surface area contributed by atoms with E-state index in [0.29, 0.717) is 13.0 Å². The minimum absolute atomic E-state index is 0.0602. The maximum atomic E-state index is 8.90. The van der Waals surface area contributed by atoms with Crippen LogP contribution in [0.1, 0.15) is 6.42 Å². The van der Waals surface area contributed by atoms with Gasteiger partial charge in [0.15, 0.2) is 0 Å². The Morgan fingerprint density at radius 1 is 1.45 bits per heavy atom. The summed E-state index contributed by atoms with van der Waals surface area (Å²) in [6.45, 7) is 4.06. The summed E-state index contributed by atoms with van der Waals surface area (Å²) in [6, 6.07) is 0. The molecule has 0 saturated heterocycles. The van der Waals surface area contributed by atoms with Crippen LogP contribution in [0, 0.1) is 0 Å². The lowest BCUT2D eigenvalue weighted by atomic mass is 10.5. The Morgan fingerprint density at radius 2 is 2.18 bits per heavy atom. The molecule has 1 atom stereocenters. The van der Waals surface area contributed by atoms with Crippen LogP contribution in [-0.4, -0.2) is 29.8 Å². The normalized spacial score (nSPS) is 12.9. The molecule has 4 nitrogen and oxygen atoms in total. The van der Waals surface area contributed by atoms with Crippen molar-refractivity contribution >= 4 is 8.60 Å². The van der Waals surface area contributed by atoms with Gasteiger partial charge in [0.25, 0.3) is 0 Å². The van der Waals surface area contributed by atoms with Crippen LogP contribution in [0.15, 0.2) is 12.7 Å². The second-order valence-corrected chi connectivity index (χ2v) is 2.72. The first-order valence-electron chi connectivity index (χ1n) is 3.28. The highest BCUT2D eigenvalue weighted by Crippen LogP contribution is 2.32. The molecule has 0 saturated carbocycles. The van der Waals surface area contributed by atoms with Crippen molar-refractivity contribution in [3.8, 4) is 0 Å². The van der Waals surface area contributed by atoms with E-state index in [4.69, 9.17) is 19.0 Å². The molecule has 0 radical (unpaired) electrons. The molecule has 2 N–H and O–H groups in total. The number of hydrogen-bond donors (Lipinski definition) is 2. The van der Waals surface area contributed by atoms with Crippen LogP contribution >= 0.6 is 8.60 Å². The second kappa shape index (κ2) is 8.11. The highest BCUT2D eigenvalue weighted by molar-refractivity contribution is 7.40. The van der Waals surface area contributed by atoms with Gasteiger partial charge in [-0.3, -0.25) is 0 Å². The lowest BCUT2D eigenvalue weighted by molar-refractivity contribution is 0.190. The van der Waals surface area contributed by atoms with Crippen molar-refractivity contribution in [2.75, 3.05) is 19.8 Å². The standard InChI is InChI=1S/C6H13O4P/c1-2-5-9-11(8)10-6-3-4-7/h2,7-8H,1,3-6H2. The molecule has 0 aliphatic rings. The third-order valence-electron chi connectivity index (χ3n) is 0.807. The van der Waals surface area contributed by atoms with E-state index in [1.54, 1.807) is 0 Å². The Kier molecular flexibility index (Phi) is 8.12. The van der Waals surface area contributed by atoms with E-state index in [0.717, 1.165) is 0 Å². The molecule has 0 fully saturated rings. The predicted octanol–water partition coefficient (Wildman–Crippen LogP) is 0.807. The molecule has 66 valence electrons. The van der Waals surface area contributed by atoms with Crippen molar-refractivity contribution in [1.82, 2.24) is 0 Å². The smallest absolute Gasteiger partial charge is 0.330 e. The van der Waals surface area contributed by atoms with E-state index in [-0.39, 0.29) is 13.2 Å². The van der Waals surface area contributed by atoms with Crippen LogP contribution in [0.5, 0.6) is 0 Å². The largest absolute Gasteiger partial charge is 0.396 e. The zero-order valence-corrected chi connectivity index (χ0v) is 7.17. The van der Waals surface area contributed by atoms with Gasteiger partial charge in [0.2, 0.25) is 0 Å². The molecule has 0 aromatic rings. The van der Waals surface area contributed by atoms with Crippen LogP contribution in [0.25, 0.3) is 0 Å². The maximum Gasteiger partial charge on any atom is 0.330 e. The monoisotopic (exact) mass is 180 g/mol. The first kappa shape index (κ1) is 11.0. The molecule has 0 aromatic carbocycles. The number of hydrogen-bond acceptors (Lipinski definition) is 4. The molecule has 0 amide bonds. The summed E-state index contributed by atoms with van der Waals surface area (Å²) >= 11 is 0. The van der Waals surface area contributed by atoms with Gasteiger partial charge in [-0.25, -0.2) is 0 Å².